The molecule has 120 valence electrons. The number of ether oxygens (including phenoxy) is 1. The van der Waals surface area contributed by atoms with E-state index in [1.807, 2.05) is 17.8 Å². The molecule has 1 aromatic rings. The van der Waals surface area contributed by atoms with Gasteiger partial charge >= 0.3 is 0 Å². The van der Waals surface area contributed by atoms with Gasteiger partial charge in [0.1, 0.15) is 12.4 Å². The molecule has 0 radical (unpaired) electrons. The maximum Gasteiger partial charge on any atom is 0.191 e. The minimum absolute atomic E-state index is 0. The highest BCUT2D eigenvalue weighted by Gasteiger charge is 2.03. The van der Waals surface area contributed by atoms with Crippen LogP contribution in [0.3, 0.4) is 0 Å². The first kappa shape index (κ1) is 20.4. The van der Waals surface area contributed by atoms with Gasteiger partial charge in [0.05, 0.1) is 6.54 Å². The molecule has 0 heterocycles. The standard InChI is InChI=1S/C15H25N3OS.HI/c1-12-6-5-7-13(2)14(12)19-10-8-17-15(16-3)18-9-11-20-4;/h5-7H,8-11H2,1-4H3,(H2,16,17,18);1H. The number of para-hydroxylation sites is 1. The van der Waals surface area contributed by atoms with E-state index in [1.165, 1.54) is 11.1 Å². The zero-order chi connectivity index (χ0) is 14.8. The number of nitrogens with zero attached hydrogens (tertiary/aromatic N) is 1. The SMILES string of the molecule is CN=C(NCCOc1c(C)cccc1C)NCCSC.I. The summed E-state index contributed by atoms with van der Waals surface area (Å²) < 4.78 is 5.84. The third-order valence-electron chi connectivity index (χ3n) is 2.87. The van der Waals surface area contributed by atoms with Gasteiger partial charge in [0.25, 0.3) is 0 Å². The molecule has 0 fully saturated rings. The highest BCUT2D eigenvalue weighted by molar-refractivity contribution is 14.0. The monoisotopic (exact) mass is 423 g/mol. The number of rotatable bonds is 7. The van der Waals surface area contributed by atoms with Crippen LogP contribution < -0.4 is 15.4 Å². The molecular formula is C15H26IN3OS. The maximum absolute atomic E-state index is 5.84. The Hall–Kier alpha value is -0.630. The van der Waals surface area contributed by atoms with E-state index in [0.717, 1.165) is 30.6 Å². The van der Waals surface area contributed by atoms with E-state index in [2.05, 4.69) is 47.9 Å². The summed E-state index contributed by atoms with van der Waals surface area (Å²) in [7, 11) is 1.78. The maximum atomic E-state index is 5.84. The predicted molar refractivity (Wildman–Crippen MR) is 105 cm³/mol. The van der Waals surface area contributed by atoms with Crippen LogP contribution in [0.5, 0.6) is 5.75 Å². The average Bonchev–Trinajstić information content (AvgIpc) is 2.44. The van der Waals surface area contributed by atoms with Gasteiger partial charge in [-0.25, -0.2) is 0 Å². The van der Waals surface area contributed by atoms with Crippen molar-refractivity contribution in [2.75, 3.05) is 38.8 Å². The summed E-state index contributed by atoms with van der Waals surface area (Å²) in [5.41, 5.74) is 2.35. The number of aryl methyl sites for hydroxylation is 2. The van der Waals surface area contributed by atoms with E-state index in [0.29, 0.717) is 6.61 Å². The summed E-state index contributed by atoms with van der Waals surface area (Å²) >= 11 is 1.81. The van der Waals surface area contributed by atoms with Crippen molar-refractivity contribution in [3.8, 4) is 5.75 Å². The third-order valence-corrected chi connectivity index (χ3v) is 3.48. The lowest BCUT2D eigenvalue weighted by molar-refractivity contribution is 0.317. The van der Waals surface area contributed by atoms with Crippen molar-refractivity contribution in [1.29, 1.82) is 0 Å². The van der Waals surface area contributed by atoms with Crippen molar-refractivity contribution in [1.82, 2.24) is 10.6 Å². The molecule has 6 heteroatoms. The lowest BCUT2D eigenvalue weighted by Gasteiger charge is -2.14. The van der Waals surface area contributed by atoms with Crippen molar-refractivity contribution in [3.05, 3.63) is 29.3 Å². The Kier molecular flexibility index (Phi) is 11.6. The summed E-state index contributed by atoms with van der Waals surface area (Å²) in [6.45, 7) is 6.40. The average molecular weight is 423 g/mol. The van der Waals surface area contributed by atoms with Crippen molar-refractivity contribution < 1.29 is 4.74 Å². The molecule has 0 atom stereocenters. The van der Waals surface area contributed by atoms with Gasteiger partial charge in [0, 0.05) is 19.3 Å². The molecule has 0 saturated heterocycles. The number of aliphatic imine (C=N–C) groups is 1. The topological polar surface area (TPSA) is 45.7 Å². The van der Waals surface area contributed by atoms with Gasteiger partial charge in [-0.3, -0.25) is 4.99 Å². The highest BCUT2D eigenvalue weighted by atomic mass is 127. The van der Waals surface area contributed by atoms with Crippen molar-refractivity contribution in [3.63, 3.8) is 0 Å². The first-order chi connectivity index (χ1) is 9.69. The quantitative estimate of drug-likeness (QED) is 0.307. The Labute approximate surface area is 149 Å². The van der Waals surface area contributed by atoms with Gasteiger partial charge in [-0.15, -0.1) is 24.0 Å². The van der Waals surface area contributed by atoms with Crippen LogP contribution in [-0.4, -0.2) is 44.7 Å². The molecule has 0 saturated carbocycles. The lowest BCUT2D eigenvalue weighted by atomic mass is 10.1. The Morgan fingerprint density at radius 1 is 1.19 bits per heavy atom. The number of guanidine groups is 1. The third kappa shape index (κ3) is 7.80. The van der Waals surface area contributed by atoms with Gasteiger partial charge in [0.15, 0.2) is 5.96 Å². The van der Waals surface area contributed by atoms with E-state index in [9.17, 15) is 0 Å². The van der Waals surface area contributed by atoms with Crippen LogP contribution in [0.25, 0.3) is 0 Å². The first-order valence-corrected chi connectivity index (χ1v) is 8.21. The molecule has 0 aliphatic carbocycles. The van der Waals surface area contributed by atoms with Crippen LogP contribution >= 0.6 is 35.7 Å². The molecular weight excluding hydrogens is 397 g/mol. The molecule has 0 amide bonds. The van der Waals surface area contributed by atoms with E-state index in [1.54, 1.807) is 7.05 Å². The fourth-order valence-corrected chi connectivity index (χ4v) is 2.15. The molecule has 4 nitrogen and oxygen atoms in total. The molecule has 1 rings (SSSR count). The number of halogens is 1. The van der Waals surface area contributed by atoms with Gasteiger partial charge in [-0.2, -0.15) is 11.8 Å². The number of thioether (sulfide) groups is 1. The Morgan fingerprint density at radius 3 is 2.38 bits per heavy atom. The second-order valence-electron chi connectivity index (χ2n) is 4.49. The number of nitrogens with one attached hydrogen (secondary N) is 2. The highest BCUT2D eigenvalue weighted by Crippen LogP contribution is 2.21. The second kappa shape index (κ2) is 12.0. The molecule has 0 aliphatic heterocycles. The Morgan fingerprint density at radius 2 is 1.81 bits per heavy atom. The Bertz CT molecular complexity index is 421. The predicted octanol–water partition coefficient (Wildman–Crippen LogP) is 2.83. The molecule has 1 aromatic carbocycles. The van der Waals surface area contributed by atoms with Crippen LogP contribution in [0, 0.1) is 13.8 Å². The van der Waals surface area contributed by atoms with Crippen molar-refractivity contribution in [2.45, 2.75) is 13.8 Å². The van der Waals surface area contributed by atoms with Crippen molar-refractivity contribution in [2.24, 2.45) is 4.99 Å². The minimum atomic E-state index is 0. The van der Waals surface area contributed by atoms with Crippen LogP contribution in [0.4, 0.5) is 0 Å². The first-order valence-electron chi connectivity index (χ1n) is 6.81. The molecule has 0 aromatic heterocycles. The van der Waals surface area contributed by atoms with E-state index < -0.39 is 0 Å². The van der Waals surface area contributed by atoms with Crippen LogP contribution in [0.2, 0.25) is 0 Å². The number of hydrogen-bond donors (Lipinski definition) is 2. The zero-order valence-electron chi connectivity index (χ0n) is 13.2. The summed E-state index contributed by atoms with van der Waals surface area (Å²) in [5, 5.41) is 6.50. The van der Waals surface area contributed by atoms with E-state index in [-0.39, 0.29) is 24.0 Å². The summed E-state index contributed by atoms with van der Waals surface area (Å²) in [6, 6.07) is 6.19. The van der Waals surface area contributed by atoms with Gasteiger partial charge in [0.2, 0.25) is 0 Å². The summed E-state index contributed by atoms with van der Waals surface area (Å²) in [4.78, 5) is 4.17. The smallest absolute Gasteiger partial charge is 0.191 e. The van der Waals surface area contributed by atoms with Crippen LogP contribution in [0.15, 0.2) is 23.2 Å². The molecule has 21 heavy (non-hydrogen) atoms. The van der Waals surface area contributed by atoms with Gasteiger partial charge in [-0.05, 0) is 31.2 Å². The van der Waals surface area contributed by atoms with Crippen LogP contribution in [-0.2, 0) is 0 Å². The molecule has 0 spiro atoms. The largest absolute Gasteiger partial charge is 0.491 e. The summed E-state index contributed by atoms with van der Waals surface area (Å²) in [5.74, 6) is 2.88. The van der Waals surface area contributed by atoms with E-state index >= 15 is 0 Å². The zero-order valence-corrected chi connectivity index (χ0v) is 16.4. The molecule has 2 N–H and O–H groups in total. The van der Waals surface area contributed by atoms with E-state index in [4.69, 9.17) is 4.74 Å². The minimum Gasteiger partial charge on any atom is -0.491 e. The molecule has 0 unspecified atom stereocenters. The normalized spacial score (nSPS) is 10.8. The lowest BCUT2D eigenvalue weighted by Crippen LogP contribution is -2.40. The van der Waals surface area contributed by atoms with Crippen LogP contribution in [0.1, 0.15) is 11.1 Å². The fraction of sp³-hybridized carbons (Fsp3) is 0.533. The van der Waals surface area contributed by atoms with Gasteiger partial charge in [-0.1, -0.05) is 18.2 Å². The second-order valence-corrected chi connectivity index (χ2v) is 5.47. The fourth-order valence-electron chi connectivity index (χ4n) is 1.84. The number of hydrogen-bond acceptors (Lipinski definition) is 3. The van der Waals surface area contributed by atoms with Crippen molar-refractivity contribution >= 4 is 41.7 Å². The van der Waals surface area contributed by atoms with Gasteiger partial charge < -0.3 is 15.4 Å². The Balaban J connectivity index is 0.00000400. The summed E-state index contributed by atoms with van der Waals surface area (Å²) in [6.07, 6.45) is 2.09. The molecule has 0 aliphatic rings. The number of benzene rings is 1. The molecule has 0 bridgehead atoms.